The van der Waals surface area contributed by atoms with Crippen LogP contribution in [-0.2, 0) is 75.2 Å². The molecule has 5 aromatic carbocycles. The highest BCUT2D eigenvalue weighted by Gasteiger charge is 2.41. The molecule has 0 aliphatic rings. The Balaban J connectivity index is 1.44. The zero-order valence-corrected chi connectivity index (χ0v) is 51.7. The third-order valence-corrected chi connectivity index (χ3v) is 19.8. The van der Waals surface area contributed by atoms with Gasteiger partial charge in [0, 0.05) is 33.9 Å². The minimum absolute atomic E-state index is 0.00840. The molecule has 0 unspecified atom stereocenters. The largest absolute Gasteiger partial charge is 0.489 e. The first-order valence-electron chi connectivity index (χ1n) is 27.7. The first-order valence-corrected chi connectivity index (χ1v) is 34.3. The van der Waals surface area contributed by atoms with Gasteiger partial charge in [-0.05, 0) is 96.0 Å². The maximum Gasteiger partial charge on any atom is 0.408 e. The monoisotopic (exact) mass is 1160 g/mol. The van der Waals surface area contributed by atoms with Gasteiger partial charge in [0.25, 0.3) is 0 Å². The lowest BCUT2D eigenvalue weighted by molar-refractivity contribution is -0.146. The molecule has 0 fully saturated rings. The molecule has 442 valence electrons. The van der Waals surface area contributed by atoms with Crippen LogP contribution in [0.25, 0.3) is 11.1 Å². The van der Waals surface area contributed by atoms with Crippen LogP contribution < -0.4 is 26.0 Å². The average Bonchev–Trinajstić information content (AvgIpc) is 3.49. The Hall–Kier alpha value is -7.49. The topological polar surface area (TPSA) is 215 Å². The smallest absolute Gasteiger partial charge is 0.408 e. The van der Waals surface area contributed by atoms with Gasteiger partial charge in [0.1, 0.15) is 49.3 Å². The Morgan fingerprint density at radius 1 is 0.537 bits per heavy atom. The van der Waals surface area contributed by atoms with E-state index in [1.165, 1.54) is 7.11 Å². The molecule has 0 radical (unpaired) electrons. The second-order valence-corrected chi connectivity index (χ2v) is 34.3. The second-order valence-electron chi connectivity index (χ2n) is 23.9. The van der Waals surface area contributed by atoms with Crippen molar-refractivity contribution in [3.63, 3.8) is 0 Å². The van der Waals surface area contributed by atoms with E-state index in [4.69, 9.17) is 32.8 Å². The summed E-state index contributed by atoms with van der Waals surface area (Å²) in [5.74, 6) is -1.62. The number of carbonyl (C=O) groups is 6. The first-order chi connectivity index (χ1) is 38.7. The molecule has 82 heavy (non-hydrogen) atoms. The number of hydrogen-bond acceptors (Lipinski definition) is 13. The predicted octanol–water partition coefficient (Wildman–Crippen LogP) is 11.5. The number of esters is 2. The molecule has 0 spiro atoms. The van der Waals surface area contributed by atoms with Crippen molar-refractivity contribution in [1.82, 2.24) is 21.3 Å². The molecule has 4 amide bonds. The van der Waals surface area contributed by atoms with Gasteiger partial charge in [0.2, 0.25) is 5.91 Å². The van der Waals surface area contributed by atoms with Crippen LogP contribution in [0.4, 0.5) is 14.4 Å². The van der Waals surface area contributed by atoms with E-state index in [1.54, 1.807) is 20.8 Å². The molecule has 17 nitrogen and oxygen atoms in total. The van der Waals surface area contributed by atoms with Gasteiger partial charge in [0.15, 0.2) is 8.32 Å². The van der Waals surface area contributed by atoms with Crippen LogP contribution >= 0.6 is 0 Å². The number of amides is 4. The number of ether oxygens (including phenoxy) is 6. The lowest BCUT2D eigenvalue weighted by Gasteiger charge is -2.40. The van der Waals surface area contributed by atoms with E-state index in [0.29, 0.717) is 22.4 Å². The molecule has 5 rings (SSSR count). The Kier molecular flexibility index (Phi) is 24.3. The van der Waals surface area contributed by atoms with E-state index in [0.717, 1.165) is 28.3 Å². The summed E-state index contributed by atoms with van der Waals surface area (Å²) in [5, 5.41) is 10.8. The summed E-state index contributed by atoms with van der Waals surface area (Å²) in [5.41, 5.74) is 4.24. The van der Waals surface area contributed by atoms with Crippen molar-refractivity contribution in [2.45, 2.75) is 154 Å². The van der Waals surface area contributed by atoms with Crippen LogP contribution in [0.15, 0.2) is 133 Å². The van der Waals surface area contributed by atoms with Crippen LogP contribution in [-0.4, -0.2) is 103 Å². The highest BCUT2D eigenvalue weighted by molar-refractivity contribution is 6.76. The normalized spacial score (nSPS) is 13.2. The molecule has 0 saturated heterocycles. The van der Waals surface area contributed by atoms with Gasteiger partial charge in [-0.15, -0.1) is 0 Å². The second kappa shape index (κ2) is 30.5. The molecule has 4 atom stereocenters. The fourth-order valence-corrected chi connectivity index (χ4v) is 10.2. The van der Waals surface area contributed by atoms with E-state index in [2.05, 4.69) is 61.7 Å². The predicted molar refractivity (Wildman–Crippen MR) is 321 cm³/mol. The summed E-state index contributed by atoms with van der Waals surface area (Å²) in [6, 6.07) is 38.0. The highest BCUT2D eigenvalue weighted by Crippen LogP contribution is 2.38. The van der Waals surface area contributed by atoms with E-state index in [-0.39, 0.29) is 57.3 Å². The van der Waals surface area contributed by atoms with Gasteiger partial charge in [-0.1, -0.05) is 162 Å². The summed E-state index contributed by atoms with van der Waals surface area (Å²) >= 11 is 0. The average molecular weight is 1160 g/mol. The summed E-state index contributed by atoms with van der Waals surface area (Å²) < 4.78 is 40.9. The molecular formula is C63H84N4O13Si2. The lowest BCUT2D eigenvalue weighted by Crippen LogP contribution is -2.56. The minimum atomic E-state index is -2.59. The summed E-state index contributed by atoms with van der Waals surface area (Å²) in [4.78, 5) is 82.2. The summed E-state index contributed by atoms with van der Waals surface area (Å²) in [6.07, 6.45) is -3.37. The van der Waals surface area contributed by atoms with Gasteiger partial charge in [-0.3, -0.25) is 4.79 Å². The maximum atomic E-state index is 14.6. The van der Waals surface area contributed by atoms with Crippen LogP contribution in [0.3, 0.4) is 0 Å². The van der Waals surface area contributed by atoms with Crippen LogP contribution in [0, 0.1) is 0 Å². The standard InChI is InChI=1S/C63H84N4O13Si2/c1-62(2,3)79-61(73)66-52(39-51(80-82(11,12)63(4,5)6)40-64-59(71)77-42-45-25-18-14-19-26-45)56(68)65-53(57(69)74-7)36-47-29-22-30-48(35-47)49-31-32-55(76-41-44-23-16-13-17-24-44)50(37-49)38-54(58(70)75-33-34-81(8,9)10)67-60(72)78-43-46-27-20-15-21-28-46/h13-32,35,37,51-54H,33-34,36,38-43H2,1-12H3,(H,64,71)(H,65,68)(H,66,73)(H,67,72)/t51-,52+,53+,54+/m1/s1. The van der Waals surface area contributed by atoms with E-state index < -0.39 is 82.3 Å². The third-order valence-electron chi connectivity index (χ3n) is 13.6. The molecule has 0 saturated carbocycles. The molecule has 0 heterocycles. The molecule has 19 heteroatoms. The number of carbonyl (C=O) groups excluding carboxylic acids is 6. The van der Waals surface area contributed by atoms with Crippen molar-refractivity contribution in [3.05, 3.63) is 161 Å². The van der Waals surface area contributed by atoms with Gasteiger partial charge in [0.05, 0.1) is 19.8 Å². The first kappa shape index (κ1) is 65.3. The molecule has 4 N–H and O–H groups in total. The number of alkyl carbamates (subject to hydrolysis) is 3. The van der Waals surface area contributed by atoms with Crippen molar-refractivity contribution >= 4 is 52.5 Å². The van der Waals surface area contributed by atoms with Crippen molar-refractivity contribution in [2.24, 2.45) is 0 Å². The Morgan fingerprint density at radius 3 is 1.63 bits per heavy atom. The Morgan fingerprint density at radius 2 is 1.07 bits per heavy atom. The quantitative estimate of drug-likeness (QED) is 0.0219. The maximum absolute atomic E-state index is 14.6. The van der Waals surface area contributed by atoms with Gasteiger partial charge >= 0.3 is 30.2 Å². The zero-order valence-electron chi connectivity index (χ0n) is 49.7. The van der Waals surface area contributed by atoms with E-state index >= 15 is 0 Å². The molecule has 0 aromatic heterocycles. The van der Waals surface area contributed by atoms with Crippen molar-refractivity contribution in [1.29, 1.82) is 0 Å². The van der Waals surface area contributed by atoms with Crippen molar-refractivity contribution in [2.75, 3.05) is 20.3 Å². The molecule has 0 bridgehead atoms. The number of hydrogen-bond donors (Lipinski definition) is 4. The van der Waals surface area contributed by atoms with E-state index in [1.807, 2.05) is 147 Å². The van der Waals surface area contributed by atoms with E-state index in [9.17, 15) is 28.8 Å². The van der Waals surface area contributed by atoms with Gasteiger partial charge in [-0.25, -0.2) is 24.0 Å². The fraction of sp³-hybridized carbons (Fsp3) is 0.429. The minimum Gasteiger partial charge on any atom is -0.489 e. The Labute approximate surface area is 486 Å². The van der Waals surface area contributed by atoms with Crippen LogP contribution in [0.1, 0.15) is 75.8 Å². The third kappa shape index (κ3) is 22.8. The van der Waals surface area contributed by atoms with Crippen molar-refractivity contribution < 1.29 is 61.6 Å². The molecule has 0 aliphatic heterocycles. The molecule has 5 aromatic rings. The highest BCUT2D eigenvalue weighted by atomic mass is 28.4. The zero-order chi connectivity index (χ0) is 60.1. The Bertz CT molecular complexity index is 2870. The summed E-state index contributed by atoms with van der Waals surface area (Å²) in [6.45, 7) is 22.3. The fourth-order valence-electron chi connectivity index (χ4n) is 8.08. The van der Waals surface area contributed by atoms with Crippen molar-refractivity contribution in [3.8, 4) is 16.9 Å². The number of methoxy groups -OCH3 is 1. The number of nitrogens with one attached hydrogen (secondary N) is 4. The van der Waals surface area contributed by atoms with Crippen LogP contribution in [0.5, 0.6) is 5.75 Å². The molecule has 0 aliphatic carbocycles. The van der Waals surface area contributed by atoms with Gasteiger partial charge in [-0.2, -0.15) is 0 Å². The number of benzene rings is 5. The van der Waals surface area contributed by atoms with Crippen LogP contribution in [0.2, 0.25) is 43.8 Å². The summed E-state index contributed by atoms with van der Waals surface area (Å²) in [7, 11) is -2.96. The SMILES string of the molecule is COC(=O)[C@H](Cc1cccc(-c2ccc(OCc3ccccc3)c(C[C@H](NC(=O)OCc3ccccc3)C(=O)OCC[Si](C)(C)C)c2)c1)NC(=O)[C@H](C[C@H](CNC(=O)OCc1ccccc1)O[Si](C)(C)C(C)(C)C)NC(=O)OC(C)(C)C. The van der Waals surface area contributed by atoms with Gasteiger partial charge < -0.3 is 54.1 Å². The molecular weight excluding hydrogens is 1080 g/mol. The number of rotatable bonds is 27. The lowest BCUT2D eigenvalue weighted by atomic mass is 9.95.